The van der Waals surface area contributed by atoms with Crippen LogP contribution in [0.15, 0.2) is 48.5 Å². The first-order valence-corrected chi connectivity index (χ1v) is 12.6. The first-order chi connectivity index (χ1) is 16.9. The Labute approximate surface area is 205 Å². The molecule has 0 bridgehead atoms. The van der Waals surface area contributed by atoms with Gasteiger partial charge in [0.2, 0.25) is 5.91 Å². The molecule has 4 atom stereocenters. The lowest BCUT2D eigenvalue weighted by molar-refractivity contribution is -0.142. The number of carbonyl (C=O) groups excluding carboxylic acids is 2. The molecule has 3 N–H and O–H groups in total. The quantitative estimate of drug-likeness (QED) is 0.500. The van der Waals surface area contributed by atoms with Crippen molar-refractivity contribution in [1.82, 2.24) is 10.6 Å². The van der Waals surface area contributed by atoms with Crippen molar-refractivity contribution in [2.45, 2.75) is 51.0 Å². The molecule has 0 radical (unpaired) electrons. The van der Waals surface area contributed by atoms with Crippen molar-refractivity contribution in [2.75, 3.05) is 13.2 Å². The van der Waals surface area contributed by atoms with E-state index in [0.29, 0.717) is 12.8 Å². The summed E-state index contributed by atoms with van der Waals surface area (Å²) in [5, 5.41) is 15.1. The minimum Gasteiger partial charge on any atom is -0.481 e. The topological polar surface area (TPSA) is 105 Å². The van der Waals surface area contributed by atoms with Crippen LogP contribution in [0.2, 0.25) is 0 Å². The molecule has 0 aromatic heterocycles. The largest absolute Gasteiger partial charge is 0.481 e. The van der Waals surface area contributed by atoms with Gasteiger partial charge in [0, 0.05) is 18.5 Å². The maximum Gasteiger partial charge on any atom is 0.407 e. The number of amides is 2. The van der Waals surface area contributed by atoms with Gasteiger partial charge < -0.3 is 20.5 Å². The smallest absolute Gasteiger partial charge is 0.407 e. The average molecular weight is 477 g/mol. The maximum absolute atomic E-state index is 12.9. The third-order valence-corrected chi connectivity index (χ3v) is 8.02. The molecule has 2 saturated carbocycles. The summed E-state index contributed by atoms with van der Waals surface area (Å²) in [6, 6.07) is 16.3. The number of carboxylic acids is 1. The van der Waals surface area contributed by atoms with E-state index in [9.17, 15) is 19.5 Å². The van der Waals surface area contributed by atoms with E-state index in [1.165, 1.54) is 22.3 Å². The van der Waals surface area contributed by atoms with Gasteiger partial charge in [0.15, 0.2) is 0 Å². The molecule has 7 nitrogen and oxygen atoms in total. The fourth-order valence-electron chi connectivity index (χ4n) is 6.15. The fourth-order valence-corrected chi connectivity index (χ4v) is 6.15. The number of hydrogen-bond donors (Lipinski definition) is 3. The molecule has 2 aromatic carbocycles. The lowest BCUT2D eigenvalue weighted by atomic mass is 9.98. The maximum atomic E-state index is 12.9. The minimum atomic E-state index is -0.877. The minimum absolute atomic E-state index is 0.00699. The van der Waals surface area contributed by atoms with Gasteiger partial charge in [0.1, 0.15) is 6.61 Å². The molecule has 4 unspecified atom stereocenters. The van der Waals surface area contributed by atoms with E-state index >= 15 is 0 Å². The highest BCUT2D eigenvalue weighted by molar-refractivity contribution is 5.87. The number of fused-ring (bicyclic) bond motifs is 4. The number of ether oxygens (including phenoxy) is 1. The lowest BCUT2D eigenvalue weighted by Crippen LogP contribution is -2.40. The number of hydrogen-bond acceptors (Lipinski definition) is 4. The Bertz CT molecular complexity index is 1100. The summed E-state index contributed by atoms with van der Waals surface area (Å²) in [6.45, 7) is 2.35. The Morgan fingerprint density at radius 3 is 2.34 bits per heavy atom. The van der Waals surface area contributed by atoms with Crippen LogP contribution in [-0.4, -0.2) is 42.3 Å². The molecule has 3 aliphatic carbocycles. The molecule has 7 heteroatoms. The molecule has 3 aliphatic rings. The molecule has 2 amide bonds. The summed E-state index contributed by atoms with van der Waals surface area (Å²) < 4.78 is 5.66. The molecular weight excluding hydrogens is 444 g/mol. The summed E-state index contributed by atoms with van der Waals surface area (Å²) in [4.78, 5) is 36.9. The van der Waals surface area contributed by atoms with Crippen molar-refractivity contribution >= 4 is 18.0 Å². The van der Waals surface area contributed by atoms with Gasteiger partial charge in [-0.1, -0.05) is 61.9 Å². The number of aliphatic carboxylic acids is 1. The second-order valence-electron chi connectivity index (χ2n) is 10.2. The Morgan fingerprint density at radius 2 is 1.71 bits per heavy atom. The monoisotopic (exact) mass is 476 g/mol. The predicted molar refractivity (Wildman–Crippen MR) is 131 cm³/mol. The summed E-state index contributed by atoms with van der Waals surface area (Å²) in [5.41, 5.74) is 4.23. The number of alkyl carbamates (subject to hydrolysis) is 1. The van der Waals surface area contributed by atoms with Crippen molar-refractivity contribution in [3.8, 4) is 11.1 Å². The summed E-state index contributed by atoms with van der Waals surface area (Å²) >= 11 is 0. The van der Waals surface area contributed by atoms with Gasteiger partial charge in [-0.15, -0.1) is 0 Å². The molecule has 0 aliphatic heterocycles. The first-order valence-electron chi connectivity index (χ1n) is 12.6. The highest BCUT2D eigenvalue weighted by Crippen LogP contribution is 2.63. The average Bonchev–Trinajstić information content (AvgIpc) is 3.28. The van der Waals surface area contributed by atoms with E-state index < -0.39 is 23.4 Å². The van der Waals surface area contributed by atoms with Crippen molar-refractivity contribution in [2.24, 2.45) is 17.3 Å². The van der Waals surface area contributed by atoms with E-state index in [1.54, 1.807) is 0 Å². The second kappa shape index (κ2) is 9.36. The highest BCUT2D eigenvalue weighted by Gasteiger charge is 2.65. The van der Waals surface area contributed by atoms with Crippen molar-refractivity contribution in [3.63, 3.8) is 0 Å². The van der Waals surface area contributed by atoms with Crippen LogP contribution >= 0.6 is 0 Å². The van der Waals surface area contributed by atoms with Gasteiger partial charge in [-0.2, -0.15) is 0 Å². The normalized spacial score (nSPS) is 24.6. The van der Waals surface area contributed by atoms with Crippen LogP contribution in [0.25, 0.3) is 11.1 Å². The van der Waals surface area contributed by atoms with E-state index in [2.05, 4.69) is 34.9 Å². The third-order valence-electron chi connectivity index (χ3n) is 8.02. The fraction of sp³-hybridized carbons (Fsp3) is 0.464. The zero-order valence-corrected chi connectivity index (χ0v) is 20.0. The van der Waals surface area contributed by atoms with Crippen molar-refractivity contribution < 1.29 is 24.2 Å². The van der Waals surface area contributed by atoms with Crippen molar-refractivity contribution in [3.05, 3.63) is 59.7 Å². The van der Waals surface area contributed by atoms with Crippen LogP contribution in [0.1, 0.15) is 56.1 Å². The molecule has 184 valence electrons. The molecule has 2 aromatic rings. The number of benzene rings is 2. The van der Waals surface area contributed by atoms with Crippen LogP contribution in [0.5, 0.6) is 0 Å². The van der Waals surface area contributed by atoms with Crippen LogP contribution in [-0.2, 0) is 14.3 Å². The van der Waals surface area contributed by atoms with E-state index in [4.69, 9.17) is 4.74 Å². The van der Waals surface area contributed by atoms with Gasteiger partial charge in [-0.05, 0) is 53.9 Å². The number of nitrogens with one attached hydrogen (secondary N) is 2. The summed E-state index contributed by atoms with van der Waals surface area (Å²) in [6.07, 6.45) is 2.95. The van der Waals surface area contributed by atoms with Gasteiger partial charge in [0.05, 0.1) is 11.3 Å². The van der Waals surface area contributed by atoms with E-state index in [-0.39, 0.29) is 36.9 Å². The lowest BCUT2D eigenvalue weighted by Gasteiger charge is -2.20. The Balaban J connectivity index is 1.14. The number of rotatable bonds is 9. The molecule has 0 heterocycles. The van der Waals surface area contributed by atoms with Gasteiger partial charge in [0.25, 0.3) is 0 Å². The standard InChI is InChI=1S/C28H32N2O5/c1-2-7-17(25(31)32)15-29-26(33)28-13-18(28)12-19(14-28)30-27(34)35-16-24-22-10-5-3-8-20(22)21-9-4-6-11-23(21)24/h3-6,8-11,17-19,24H,2,7,12-16H2,1H3,(H,29,33)(H,30,34)(H,31,32). The third kappa shape index (κ3) is 4.40. The number of carbonyl (C=O) groups is 3. The van der Waals surface area contributed by atoms with Crippen LogP contribution in [0.3, 0.4) is 0 Å². The molecule has 0 spiro atoms. The van der Waals surface area contributed by atoms with Crippen molar-refractivity contribution in [1.29, 1.82) is 0 Å². The van der Waals surface area contributed by atoms with Gasteiger partial charge >= 0.3 is 12.1 Å². The summed E-state index contributed by atoms with van der Waals surface area (Å²) in [5.74, 6) is -1.28. The Morgan fingerprint density at radius 1 is 1.06 bits per heavy atom. The first kappa shape index (κ1) is 23.4. The SMILES string of the molecule is CCCC(CNC(=O)C12CC(NC(=O)OCC3c4ccccc4-c4ccccc43)CC1C2)C(=O)O. The zero-order chi connectivity index (χ0) is 24.6. The molecule has 5 rings (SSSR count). The van der Waals surface area contributed by atoms with E-state index in [1.807, 2.05) is 31.2 Å². The molecular formula is C28H32N2O5. The van der Waals surface area contributed by atoms with Gasteiger partial charge in [-0.25, -0.2) is 4.79 Å². The Kier molecular flexibility index (Phi) is 6.26. The Hall–Kier alpha value is -3.35. The van der Waals surface area contributed by atoms with Crippen LogP contribution in [0, 0.1) is 17.3 Å². The molecule has 0 saturated heterocycles. The predicted octanol–water partition coefficient (Wildman–Crippen LogP) is 4.31. The zero-order valence-electron chi connectivity index (χ0n) is 20.0. The molecule has 35 heavy (non-hydrogen) atoms. The van der Waals surface area contributed by atoms with Crippen LogP contribution in [0.4, 0.5) is 4.79 Å². The van der Waals surface area contributed by atoms with Gasteiger partial charge in [-0.3, -0.25) is 9.59 Å². The van der Waals surface area contributed by atoms with E-state index in [0.717, 1.165) is 19.3 Å². The van der Waals surface area contributed by atoms with Crippen LogP contribution < -0.4 is 10.6 Å². The number of carboxylic acid groups (broad SMARTS) is 1. The second-order valence-corrected chi connectivity index (χ2v) is 10.2. The summed E-state index contributed by atoms with van der Waals surface area (Å²) in [7, 11) is 0. The highest BCUT2D eigenvalue weighted by atomic mass is 16.5. The molecule has 2 fully saturated rings.